The van der Waals surface area contributed by atoms with Crippen molar-refractivity contribution in [1.82, 2.24) is 4.98 Å². The number of hydrogen-bond acceptors (Lipinski definition) is 3. The number of nitrogens with zero attached hydrogens (tertiary/aromatic N) is 2. The van der Waals surface area contributed by atoms with E-state index in [0.717, 1.165) is 10.6 Å². The molecule has 108 valence electrons. The maximum absolute atomic E-state index is 12.6. The summed E-state index contributed by atoms with van der Waals surface area (Å²) in [4.78, 5) is 19.6. The van der Waals surface area contributed by atoms with Crippen LogP contribution < -0.4 is 4.90 Å². The Morgan fingerprint density at radius 1 is 1.00 bits per heavy atom. The van der Waals surface area contributed by atoms with Crippen LogP contribution in [0.3, 0.4) is 0 Å². The fourth-order valence-corrected chi connectivity index (χ4v) is 2.67. The van der Waals surface area contributed by atoms with Crippen LogP contribution in [-0.2, 0) is 4.79 Å². The Labute approximate surface area is 133 Å². The quantitative estimate of drug-likeness (QED) is 0.664. The number of thiophene rings is 1. The van der Waals surface area contributed by atoms with Crippen molar-refractivity contribution >= 4 is 34.8 Å². The van der Waals surface area contributed by atoms with E-state index in [1.807, 2.05) is 72.1 Å². The molecular weight excluding hydrogens is 292 g/mol. The van der Waals surface area contributed by atoms with Gasteiger partial charge in [-0.3, -0.25) is 9.69 Å². The van der Waals surface area contributed by atoms with Crippen LogP contribution in [0.5, 0.6) is 0 Å². The zero-order chi connectivity index (χ0) is 15.2. The molecule has 0 aliphatic rings. The maximum Gasteiger partial charge on any atom is 0.256 e. The average Bonchev–Trinajstić information content (AvgIpc) is 3.09. The first-order valence-corrected chi connectivity index (χ1v) is 7.74. The standard InChI is InChI=1S/C18H14N2OS/c21-18(12-11-16-9-6-14-22-16)20(15-7-2-1-3-8-15)17-10-4-5-13-19-17/h1-14H/b12-11+. The fourth-order valence-electron chi connectivity index (χ4n) is 2.05. The highest BCUT2D eigenvalue weighted by Gasteiger charge is 2.16. The van der Waals surface area contributed by atoms with Gasteiger partial charge >= 0.3 is 0 Å². The van der Waals surface area contributed by atoms with Gasteiger partial charge in [-0.2, -0.15) is 0 Å². The van der Waals surface area contributed by atoms with Gasteiger partial charge in [-0.15, -0.1) is 11.3 Å². The lowest BCUT2D eigenvalue weighted by Crippen LogP contribution is -2.24. The lowest BCUT2D eigenvalue weighted by Gasteiger charge is -2.20. The first-order valence-electron chi connectivity index (χ1n) is 6.86. The molecular formula is C18H14N2OS. The molecule has 1 aromatic carbocycles. The number of aromatic nitrogens is 1. The number of anilines is 2. The van der Waals surface area contributed by atoms with Crippen molar-refractivity contribution in [2.45, 2.75) is 0 Å². The fraction of sp³-hybridized carbons (Fsp3) is 0. The molecule has 3 nitrogen and oxygen atoms in total. The number of pyridine rings is 1. The Hall–Kier alpha value is -2.72. The summed E-state index contributed by atoms with van der Waals surface area (Å²) in [5.41, 5.74) is 0.794. The number of carbonyl (C=O) groups excluding carboxylic acids is 1. The molecule has 22 heavy (non-hydrogen) atoms. The van der Waals surface area contributed by atoms with Crippen molar-refractivity contribution in [3.05, 3.63) is 83.2 Å². The van der Waals surface area contributed by atoms with Crippen LogP contribution in [0.1, 0.15) is 4.88 Å². The number of benzene rings is 1. The minimum atomic E-state index is -0.127. The van der Waals surface area contributed by atoms with Crippen LogP contribution in [0.2, 0.25) is 0 Å². The molecule has 2 heterocycles. The lowest BCUT2D eigenvalue weighted by atomic mass is 10.2. The summed E-state index contributed by atoms with van der Waals surface area (Å²) < 4.78 is 0. The molecule has 0 aliphatic heterocycles. The molecule has 4 heteroatoms. The molecule has 0 atom stereocenters. The normalized spacial score (nSPS) is 10.7. The third kappa shape index (κ3) is 3.30. The molecule has 0 N–H and O–H groups in total. The zero-order valence-electron chi connectivity index (χ0n) is 11.8. The molecule has 3 rings (SSSR count). The van der Waals surface area contributed by atoms with Crippen LogP contribution in [-0.4, -0.2) is 10.9 Å². The molecule has 1 amide bonds. The van der Waals surface area contributed by atoms with Gasteiger partial charge in [0.2, 0.25) is 0 Å². The van der Waals surface area contributed by atoms with Crippen molar-refractivity contribution in [2.75, 3.05) is 4.90 Å². The molecule has 0 aliphatic carbocycles. The van der Waals surface area contributed by atoms with Gasteiger partial charge in [0.1, 0.15) is 5.82 Å². The van der Waals surface area contributed by atoms with Crippen molar-refractivity contribution in [2.24, 2.45) is 0 Å². The SMILES string of the molecule is O=C(/C=C/c1cccs1)N(c1ccccc1)c1ccccn1. The Balaban J connectivity index is 1.93. The second kappa shape index (κ2) is 6.83. The van der Waals surface area contributed by atoms with E-state index in [-0.39, 0.29) is 5.91 Å². The van der Waals surface area contributed by atoms with Gasteiger partial charge in [0.05, 0.1) is 5.69 Å². The number of carbonyl (C=O) groups is 1. The molecule has 0 spiro atoms. The second-order valence-electron chi connectivity index (χ2n) is 4.55. The number of hydrogen-bond donors (Lipinski definition) is 0. The van der Waals surface area contributed by atoms with Crippen LogP contribution in [0.15, 0.2) is 78.3 Å². The van der Waals surface area contributed by atoms with E-state index in [1.54, 1.807) is 28.5 Å². The highest BCUT2D eigenvalue weighted by molar-refractivity contribution is 7.10. The lowest BCUT2D eigenvalue weighted by molar-refractivity contribution is -0.113. The first kappa shape index (κ1) is 14.2. The molecule has 0 fully saturated rings. The second-order valence-corrected chi connectivity index (χ2v) is 5.53. The summed E-state index contributed by atoms with van der Waals surface area (Å²) in [6, 6.07) is 19.0. The highest BCUT2D eigenvalue weighted by Crippen LogP contribution is 2.23. The summed E-state index contributed by atoms with van der Waals surface area (Å²) in [5.74, 6) is 0.479. The van der Waals surface area contributed by atoms with Gasteiger partial charge in [0, 0.05) is 17.2 Å². The Morgan fingerprint density at radius 3 is 2.50 bits per heavy atom. The van der Waals surface area contributed by atoms with Gasteiger partial charge in [-0.1, -0.05) is 30.3 Å². The Bertz CT molecular complexity index is 713. The van der Waals surface area contributed by atoms with Gasteiger partial charge in [-0.25, -0.2) is 4.98 Å². The largest absolute Gasteiger partial charge is 0.269 e. The van der Waals surface area contributed by atoms with Crippen molar-refractivity contribution in [3.63, 3.8) is 0 Å². The number of para-hydroxylation sites is 1. The van der Waals surface area contributed by atoms with Crippen molar-refractivity contribution in [1.29, 1.82) is 0 Å². The maximum atomic E-state index is 12.6. The van der Waals surface area contributed by atoms with Gasteiger partial charge in [0.15, 0.2) is 0 Å². The van der Waals surface area contributed by atoms with Gasteiger partial charge in [-0.05, 0) is 41.8 Å². The monoisotopic (exact) mass is 306 g/mol. The predicted molar refractivity (Wildman–Crippen MR) is 91.2 cm³/mol. The first-order chi connectivity index (χ1) is 10.8. The third-order valence-electron chi connectivity index (χ3n) is 3.05. The van der Waals surface area contributed by atoms with Gasteiger partial charge in [0.25, 0.3) is 5.91 Å². The summed E-state index contributed by atoms with van der Waals surface area (Å²) in [6.45, 7) is 0. The van der Waals surface area contributed by atoms with Crippen LogP contribution in [0.4, 0.5) is 11.5 Å². The third-order valence-corrected chi connectivity index (χ3v) is 3.88. The van der Waals surface area contributed by atoms with Crippen molar-refractivity contribution in [3.8, 4) is 0 Å². The highest BCUT2D eigenvalue weighted by atomic mass is 32.1. The molecule has 0 bridgehead atoms. The Kier molecular flexibility index (Phi) is 4.41. The Morgan fingerprint density at radius 2 is 1.82 bits per heavy atom. The van der Waals surface area contributed by atoms with Gasteiger partial charge < -0.3 is 0 Å². The molecule has 0 saturated heterocycles. The molecule has 0 radical (unpaired) electrons. The predicted octanol–water partition coefficient (Wildman–Crippen LogP) is 4.52. The average molecular weight is 306 g/mol. The summed E-state index contributed by atoms with van der Waals surface area (Å²) in [6.07, 6.45) is 5.08. The van der Waals surface area contributed by atoms with Crippen LogP contribution >= 0.6 is 11.3 Å². The molecule has 0 unspecified atom stereocenters. The van der Waals surface area contributed by atoms with E-state index in [2.05, 4.69) is 4.98 Å². The molecule has 2 aromatic heterocycles. The summed E-state index contributed by atoms with van der Waals surface area (Å²) in [7, 11) is 0. The summed E-state index contributed by atoms with van der Waals surface area (Å²) in [5, 5.41) is 1.98. The van der Waals surface area contributed by atoms with Crippen LogP contribution in [0.25, 0.3) is 6.08 Å². The molecule has 0 saturated carbocycles. The van der Waals surface area contributed by atoms with E-state index in [0.29, 0.717) is 5.82 Å². The smallest absolute Gasteiger partial charge is 0.256 e. The van der Waals surface area contributed by atoms with E-state index in [9.17, 15) is 4.79 Å². The van der Waals surface area contributed by atoms with Crippen LogP contribution in [0, 0.1) is 0 Å². The topological polar surface area (TPSA) is 33.2 Å². The van der Waals surface area contributed by atoms with E-state index < -0.39 is 0 Å². The minimum Gasteiger partial charge on any atom is -0.269 e. The van der Waals surface area contributed by atoms with E-state index >= 15 is 0 Å². The minimum absolute atomic E-state index is 0.127. The number of amides is 1. The van der Waals surface area contributed by atoms with E-state index in [1.165, 1.54) is 0 Å². The molecule has 3 aromatic rings. The van der Waals surface area contributed by atoms with Crippen molar-refractivity contribution < 1.29 is 4.79 Å². The van der Waals surface area contributed by atoms with E-state index in [4.69, 9.17) is 0 Å². The zero-order valence-corrected chi connectivity index (χ0v) is 12.6. The summed E-state index contributed by atoms with van der Waals surface area (Å²) >= 11 is 1.60. The number of rotatable bonds is 4.